The van der Waals surface area contributed by atoms with Crippen LogP contribution in [-0.2, 0) is 21.4 Å². The molecular formula is C22H28N2O4S. The second-order valence-electron chi connectivity index (χ2n) is 7.75. The Morgan fingerprint density at radius 1 is 1.14 bits per heavy atom. The van der Waals surface area contributed by atoms with E-state index in [4.69, 9.17) is 0 Å². The average molecular weight is 417 g/mol. The van der Waals surface area contributed by atoms with Gasteiger partial charge in [0.2, 0.25) is 15.9 Å². The molecule has 1 aliphatic rings. The molecule has 0 saturated carbocycles. The molecule has 0 aliphatic carbocycles. The molecule has 6 nitrogen and oxygen atoms in total. The van der Waals surface area contributed by atoms with Crippen LogP contribution in [-0.4, -0.2) is 36.8 Å². The van der Waals surface area contributed by atoms with Crippen molar-refractivity contribution in [2.75, 3.05) is 18.4 Å². The third-order valence-electron chi connectivity index (χ3n) is 5.39. The topological polar surface area (TPSA) is 86.7 Å². The number of rotatable bonds is 6. The predicted octanol–water partition coefficient (Wildman–Crippen LogP) is 3.34. The third-order valence-corrected chi connectivity index (χ3v) is 7.30. The zero-order chi connectivity index (χ0) is 21.0. The van der Waals surface area contributed by atoms with Crippen LogP contribution in [0.3, 0.4) is 0 Å². The summed E-state index contributed by atoms with van der Waals surface area (Å²) in [6, 6.07) is 14.1. The number of hydrogen-bond acceptors (Lipinski definition) is 4. The molecule has 1 fully saturated rings. The first-order chi connectivity index (χ1) is 13.8. The van der Waals surface area contributed by atoms with Gasteiger partial charge in [0.05, 0.1) is 11.5 Å². The van der Waals surface area contributed by atoms with Gasteiger partial charge in [0, 0.05) is 24.7 Å². The molecule has 0 aromatic heterocycles. The van der Waals surface area contributed by atoms with E-state index in [9.17, 15) is 18.3 Å². The van der Waals surface area contributed by atoms with Crippen LogP contribution in [0.5, 0.6) is 0 Å². The van der Waals surface area contributed by atoms with Gasteiger partial charge in [-0.05, 0) is 54.2 Å². The lowest BCUT2D eigenvalue weighted by Gasteiger charge is -2.30. The van der Waals surface area contributed by atoms with Crippen molar-refractivity contribution in [1.29, 1.82) is 0 Å². The maximum absolute atomic E-state index is 12.9. The Morgan fingerprint density at radius 3 is 2.38 bits per heavy atom. The van der Waals surface area contributed by atoms with Gasteiger partial charge < -0.3 is 10.4 Å². The zero-order valence-corrected chi connectivity index (χ0v) is 17.7. The molecule has 7 heteroatoms. The third kappa shape index (κ3) is 5.04. The number of aliphatic hydroxyl groups excluding tert-OH is 1. The summed E-state index contributed by atoms with van der Waals surface area (Å²) in [7, 11) is -3.55. The molecule has 0 atom stereocenters. The van der Waals surface area contributed by atoms with Crippen molar-refractivity contribution in [1.82, 2.24) is 4.31 Å². The van der Waals surface area contributed by atoms with Gasteiger partial charge in [-0.2, -0.15) is 4.31 Å². The highest BCUT2D eigenvalue weighted by Gasteiger charge is 2.32. The first kappa shape index (κ1) is 21.5. The van der Waals surface area contributed by atoms with Crippen molar-refractivity contribution in [3.63, 3.8) is 0 Å². The largest absolute Gasteiger partial charge is 0.392 e. The minimum Gasteiger partial charge on any atom is -0.392 e. The van der Waals surface area contributed by atoms with Gasteiger partial charge in [0.15, 0.2) is 0 Å². The van der Waals surface area contributed by atoms with Crippen LogP contribution in [0.2, 0.25) is 0 Å². The summed E-state index contributed by atoms with van der Waals surface area (Å²) in [4.78, 5) is 12.9. The molecule has 2 N–H and O–H groups in total. The van der Waals surface area contributed by atoms with E-state index in [1.807, 2.05) is 12.1 Å². The molecule has 0 bridgehead atoms. The van der Waals surface area contributed by atoms with Gasteiger partial charge >= 0.3 is 0 Å². The number of nitrogens with one attached hydrogen (secondary N) is 1. The van der Waals surface area contributed by atoms with E-state index in [1.54, 1.807) is 36.4 Å². The van der Waals surface area contributed by atoms with Gasteiger partial charge in [-0.3, -0.25) is 4.79 Å². The van der Waals surface area contributed by atoms with E-state index in [-0.39, 0.29) is 18.4 Å². The first-order valence-electron chi connectivity index (χ1n) is 9.92. The molecule has 1 aliphatic heterocycles. The Balaban J connectivity index is 1.61. The number of carbonyl (C=O) groups is 1. The van der Waals surface area contributed by atoms with Gasteiger partial charge in [-0.15, -0.1) is 0 Å². The Morgan fingerprint density at radius 2 is 1.79 bits per heavy atom. The first-order valence-corrected chi connectivity index (χ1v) is 11.4. The molecule has 1 amide bonds. The fourth-order valence-corrected chi connectivity index (χ4v) is 4.99. The minimum absolute atomic E-state index is 0.0852. The Bertz CT molecular complexity index is 947. The molecule has 2 aromatic carbocycles. The van der Waals surface area contributed by atoms with Crippen molar-refractivity contribution < 1.29 is 18.3 Å². The predicted molar refractivity (Wildman–Crippen MR) is 113 cm³/mol. The van der Waals surface area contributed by atoms with Crippen molar-refractivity contribution in [3.05, 3.63) is 59.7 Å². The van der Waals surface area contributed by atoms with Crippen LogP contribution < -0.4 is 5.32 Å². The van der Waals surface area contributed by atoms with E-state index in [1.165, 1.54) is 4.31 Å². The van der Waals surface area contributed by atoms with Gasteiger partial charge in [-0.1, -0.05) is 38.1 Å². The Labute approximate surface area is 172 Å². The fourth-order valence-electron chi connectivity index (χ4n) is 3.52. The maximum Gasteiger partial charge on any atom is 0.243 e. The molecule has 3 rings (SSSR count). The Kier molecular flexibility index (Phi) is 6.72. The van der Waals surface area contributed by atoms with Crippen LogP contribution in [0, 0.1) is 5.92 Å². The fraction of sp³-hybridized carbons (Fsp3) is 0.409. The molecule has 2 aromatic rings. The number of piperidine rings is 1. The van der Waals surface area contributed by atoms with E-state index in [0.717, 1.165) is 11.1 Å². The van der Waals surface area contributed by atoms with Crippen LogP contribution in [0.4, 0.5) is 5.69 Å². The minimum atomic E-state index is -3.55. The molecule has 0 unspecified atom stereocenters. The lowest BCUT2D eigenvalue weighted by Crippen LogP contribution is -2.41. The summed E-state index contributed by atoms with van der Waals surface area (Å²) >= 11 is 0. The molecule has 0 spiro atoms. The summed E-state index contributed by atoms with van der Waals surface area (Å²) in [6.07, 6.45) is 0.962. The van der Waals surface area contributed by atoms with Gasteiger partial charge in [0.25, 0.3) is 0 Å². The van der Waals surface area contributed by atoms with Crippen LogP contribution >= 0.6 is 0 Å². The highest BCUT2D eigenvalue weighted by Crippen LogP contribution is 2.26. The molecule has 156 valence electrons. The van der Waals surface area contributed by atoms with Gasteiger partial charge in [-0.25, -0.2) is 8.42 Å². The number of amides is 1. The normalized spacial score (nSPS) is 16.1. The number of carbonyl (C=O) groups excluding carboxylic acids is 1. The summed E-state index contributed by atoms with van der Waals surface area (Å²) in [6.45, 7) is 4.70. The molecular weight excluding hydrogens is 388 g/mol. The van der Waals surface area contributed by atoms with E-state index in [0.29, 0.717) is 42.4 Å². The summed E-state index contributed by atoms with van der Waals surface area (Å²) in [5.74, 6) is 0.0000528. The van der Waals surface area contributed by atoms with E-state index in [2.05, 4.69) is 19.2 Å². The number of sulfonamides is 1. The SMILES string of the molecule is CC(C)c1ccc(S(=O)(=O)N2CCC(C(=O)Nc3cccc(CO)c3)CC2)cc1. The number of benzene rings is 2. The van der Waals surface area contributed by atoms with Crippen molar-refractivity contribution in [2.45, 2.75) is 44.1 Å². The molecule has 1 saturated heterocycles. The van der Waals surface area contributed by atoms with Crippen molar-refractivity contribution in [3.8, 4) is 0 Å². The zero-order valence-electron chi connectivity index (χ0n) is 16.8. The smallest absolute Gasteiger partial charge is 0.243 e. The van der Waals surface area contributed by atoms with Crippen molar-refractivity contribution >= 4 is 21.6 Å². The number of anilines is 1. The number of hydrogen-bond donors (Lipinski definition) is 2. The highest BCUT2D eigenvalue weighted by atomic mass is 32.2. The second kappa shape index (κ2) is 9.07. The standard InChI is InChI=1S/C22H28N2O4S/c1-16(2)18-6-8-21(9-7-18)29(27,28)24-12-10-19(11-13-24)22(26)23-20-5-3-4-17(14-20)15-25/h3-9,14,16,19,25H,10-13,15H2,1-2H3,(H,23,26). The monoisotopic (exact) mass is 416 g/mol. The number of nitrogens with zero attached hydrogens (tertiary/aromatic N) is 1. The summed E-state index contributed by atoms with van der Waals surface area (Å²) in [5.41, 5.74) is 2.47. The average Bonchev–Trinajstić information content (AvgIpc) is 2.74. The second-order valence-corrected chi connectivity index (χ2v) is 9.69. The summed E-state index contributed by atoms with van der Waals surface area (Å²) < 4.78 is 27.3. The van der Waals surface area contributed by atoms with E-state index >= 15 is 0 Å². The molecule has 29 heavy (non-hydrogen) atoms. The van der Waals surface area contributed by atoms with Crippen LogP contribution in [0.1, 0.15) is 43.7 Å². The van der Waals surface area contributed by atoms with Gasteiger partial charge in [0.1, 0.15) is 0 Å². The molecule has 0 radical (unpaired) electrons. The maximum atomic E-state index is 12.9. The highest BCUT2D eigenvalue weighted by molar-refractivity contribution is 7.89. The lowest BCUT2D eigenvalue weighted by molar-refractivity contribution is -0.120. The summed E-state index contributed by atoms with van der Waals surface area (Å²) in [5, 5.41) is 12.1. The quantitative estimate of drug-likeness (QED) is 0.756. The Hall–Kier alpha value is -2.22. The van der Waals surface area contributed by atoms with E-state index < -0.39 is 10.0 Å². The van der Waals surface area contributed by atoms with Crippen LogP contribution in [0.25, 0.3) is 0 Å². The van der Waals surface area contributed by atoms with Crippen molar-refractivity contribution in [2.24, 2.45) is 5.92 Å². The number of aliphatic hydroxyl groups is 1. The lowest BCUT2D eigenvalue weighted by atomic mass is 9.97. The van der Waals surface area contributed by atoms with Crippen LogP contribution in [0.15, 0.2) is 53.4 Å². The molecule has 1 heterocycles.